The van der Waals surface area contributed by atoms with Crippen molar-refractivity contribution in [2.75, 3.05) is 5.32 Å². The van der Waals surface area contributed by atoms with Crippen molar-refractivity contribution < 1.29 is 4.79 Å². The Bertz CT molecular complexity index is 948. The number of nitrogens with one attached hydrogen (secondary N) is 1. The zero-order chi connectivity index (χ0) is 18.1. The Morgan fingerprint density at radius 2 is 2.04 bits per heavy atom. The van der Waals surface area contributed by atoms with E-state index in [-0.39, 0.29) is 17.9 Å². The Morgan fingerprint density at radius 1 is 1.23 bits per heavy atom. The molecule has 1 aliphatic rings. The fraction of sp³-hybridized carbons (Fsp3) is 0.389. The summed E-state index contributed by atoms with van der Waals surface area (Å²) in [6.07, 6.45) is 5.19. The third-order valence-corrected chi connectivity index (χ3v) is 5.57. The third-order valence-electron chi connectivity index (χ3n) is 4.71. The first-order valence-electron chi connectivity index (χ1n) is 8.72. The van der Waals surface area contributed by atoms with E-state index >= 15 is 0 Å². The van der Waals surface area contributed by atoms with Gasteiger partial charge in [0.1, 0.15) is 16.5 Å². The Morgan fingerprint density at radius 3 is 2.77 bits per heavy atom. The van der Waals surface area contributed by atoms with E-state index in [1.807, 2.05) is 19.1 Å². The lowest BCUT2D eigenvalue weighted by Gasteiger charge is -2.24. The molecule has 3 heterocycles. The standard InChI is InChI=1S/C18H20N6OS/c1-10-23-24-18(26-10)14-7-4-12-9-20-16(8-15(12)21-14)22-17(25)11-2-5-13(19)6-3-11/h4,7-9,11,13H,2-3,5-6,19H2,1H3,(H,20,22,25)/t11-,13-. The Labute approximate surface area is 155 Å². The summed E-state index contributed by atoms with van der Waals surface area (Å²) in [5, 5.41) is 13.7. The van der Waals surface area contributed by atoms with Gasteiger partial charge in [0.15, 0.2) is 5.01 Å². The average molecular weight is 368 g/mol. The molecule has 1 amide bonds. The van der Waals surface area contributed by atoms with E-state index in [0.717, 1.165) is 52.3 Å². The number of fused-ring (bicyclic) bond motifs is 1. The summed E-state index contributed by atoms with van der Waals surface area (Å²) in [5.74, 6) is 0.547. The molecule has 0 saturated heterocycles. The van der Waals surface area contributed by atoms with Crippen LogP contribution in [-0.2, 0) is 4.79 Å². The fourth-order valence-electron chi connectivity index (χ4n) is 3.21. The van der Waals surface area contributed by atoms with Gasteiger partial charge in [0.25, 0.3) is 0 Å². The van der Waals surface area contributed by atoms with E-state index in [9.17, 15) is 4.79 Å². The van der Waals surface area contributed by atoms with E-state index in [0.29, 0.717) is 5.82 Å². The van der Waals surface area contributed by atoms with Crippen LogP contribution in [0.25, 0.3) is 21.6 Å². The minimum atomic E-state index is 0.0101. The number of aromatic nitrogens is 4. The van der Waals surface area contributed by atoms with Crippen molar-refractivity contribution in [3.05, 3.63) is 29.4 Å². The Kier molecular flexibility index (Phi) is 4.60. The maximum atomic E-state index is 12.5. The van der Waals surface area contributed by atoms with Gasteiger partial charge < -0.3 is 11.1 Å². The number of hydrogen-bond donors (Lipinski definition) is 2. The molecule has 134 valence electrons. The number of amides is 1. The van der Waals surface area contributed by atoms with Crippen LogP contribution in [0.15, 0.2) is 24.4 Å². The van der Waals surface area contributed by atoms with Gasteiger partial charge >= 0.3 is 0 Å². The topological polar surface area (TPSA) is 107 Å². The molecule has 1 aliphatic carbocycles. The van der Waals surface area contributed by atoms with Crippen molar-refractivity contribution in [2.24, 2.45) is 11.7 Å². The number of nitrogens with two attached hydrogens (primary N) is 1. The number of nitrogens with zero attached hydrogens (tertiary/aromatic N) is 4. The number of hydrogen-bond acceptors (Lipinski definition) is 7. The molecule has 0 radical (unpaired) electrons. The van der Waals surface area contributed by atoms with Crippen LogP contribution in [-0.4, -0.2) is 32.1 Å². The van der Waals surface area contributed by atoms with Gasteiger partial charge in [-0.15, -0.1) is 10.2 Å². The normalized spacial score (nSPS) is 20.2. The van der Waals surface area contributed by atoms with Gasteiger partial charge in [-0.3, -0.25) is 4.79 Å². The lowest BCUT2D eigenvalue weighted by molar-refractivity contribution is -0.120. The predicted molar refractivity (Wildman–Crippen MR) is 102 cm³/mol. The number of pyridine rings is 2. The van der Waals surface area contributed by atoms with Gasteiger partial charge in [-0.1, -0.05) is 11.3 Å². The fourth-order valence-corrected chi connectivity index (χ4v) is 3.87. The van der Waals surface area contributed by atoms with Crippen LogP contribution in [0, 0.1) is 12.8 Å². The molecule has 0 spiro atoms. The molecule has 3 N–H and O–H groups in total. The summed E-state index contributed by atoms with van der Waals surface area (Å²) in [6.45, 7) is 1.91. The molecule has 3 aromatic rings. The second kappa shape index (κ2) is 7.05. The third kappa shape index (κ3) is 3.56. The zero-order valence-corrected chi connectivity index (χ0v) is 15.3. The highest BCUT2D eigenvalue weighted by molar-refractivity contribution is 7.14. The highest BCUT2D eigenvalue weighted by Gasteiger charge is 2.24. The lowest BCUT2D eigenvalue weighted by atomic mass is 9.86. The summed E-state index contributed by atoms with van der Waals surface area (Å²) >= 11 is 1.50. The summed E-state index contributed by atoms with van der Waals surface area (Å²) in [5.41, 5.74) is 7.46. The number of carbonyl (C=O) groups excluding carboxylic acids is 1. The Hall–Kier alpha value is -2.45. The quantitative estimate of drug-likeness (QED) is 0.736. The van der Waals surface area contributed by atoms with Crippen molar-refractivity contribution in [1.82, 2.24) is 20.2 Å². The van der Waals surface area contributed by atoms with Crippen molar-refractivity contribution >= 4 is 34.0 Å². The molecule has 0 aromatic carbocycles. The first-order chi connectivity index (χ1) is 12.6. The van der Waals surface area contributed by atoms with Gasteiger partial charge in [-0.2, -0.15) is 0 Å². The first-order valence-corrected chi connectivity index (χ1v) is 9.54. The molecular formula is C18H20N6OS. The van der Waals surface area contributed by atoms with Crippen LogP contribution in [0.5, 0.6) is 0 Å². The average Bonchev–Trinajstić information content (AvgIpc) is 3.08. The number of anilines is 1. The monoisotopic (exact) mass is 368 g/mol. The van der Waals surface area contributed by atoms with Crippen LogP contribution in [0.4, 0.5) is 5.82 Å². The summed E-state index contributed by atoms with van der Waals surface area (Å²) in [7, 11) is 0. The van der Waals surface area contributed by atoms with Crippen LogP contribution in [0.2, 0.25) is 0 Å². The van der Waals surface area contributed by atoms with Gasteiger partial charge in [0.05, 0.1) is 5.52 Å². The molecule has 4 rings (SSSR count). The summed E-state index contributed by atoms with van der Waals surface area (Å²) in [4.78, 5) is 21.5. The number of carbonyl (C=O) groups is 1. The molecule has 0 atom stereocenters. The summed E-state index contributed by atoms with van der Waals surface area (Å²) in [6, 6.07) is 5.90. The zero-order valence-electron chi connectivity index (χ0n) is 14.5. The maximum absolute atomic E-state index is 12.5. The first kappa shape index (κ1) is 17.0. The van der Waals surface area contributed by atoms with Crippen molar-refractivity contribution in [1.29, 1.82) is 0 Å². The van der Waals surface area contributed by atoms with Crippen molar-refractivity contribution in [2.45, 2.75) is 38.6 Å². The molecule has 0 aliphatic heterocycles. The smallest absolute Gasteiger partial charge is 0.228 e. The largest absolute Gasteiger partial charge is 0.328 e. The minimum absolute atomic E-state index is 0.0101. The van der Waals surface area contributed by atoms with Crippen molar-refractivity contribution in [3.63, 3.8) is 0 Å². The highest BCUT2D eigenvalue weighted by Crippen LogP contribution is 2.26. The van der Waals surface area contributed by atoms with E-state index in [2.05, 4.69) is 25.5 Å². The van der Waals surface area contributed by atoms with Gasteiger partial charge in [0, 0.05) is 29.6 Å². The van der Waals surface area contributed by atoms with Gasteiger partial charge in [-0.05, 0) is 44.7 Å². The lowest BCUT2D eigenvalue weighted by Crippen LogP contribution is -2.32. The highest BCUT2D eigenvalue weighted by atomic mass is 32.1. The van der Waals surface area contributed by atoms with E-state index in [1.54, 1.807) is 12.3 Å². The maximum Gasteiger partial charge on any atom is 0.228 e. The molecular weight excluding hydrogens is 348 g/mol. The minimum Gasteiger partial charge on any atom is -0.328 e. The van der Waals surface area contributed by atoms with Crippen LogP contribution >= 0.6 is 11.3 Å². The molecule has 26 heavy (non-hydrogen) atoms. The van der Waals surface area contributed by atoms with Crippen LogP contribution < -0.4 is 11.1 Å². The van der Waals surface area contributed by atoms with Crippen LogP contribution in [0.3, 0.4) is 0 Å². The summed E-state index contributed by atoms with van der Waals surface area (Å²) < 4.78 is 0. The van der Waals surface area contributed by atoms with Gasteiger partial charge in [0.2, 0.25) is 5.91 Å². The molecule has 0 bridgehead atoms. The van der Waals surface area contributed by atoms with E-state index < -0.39 is 0 Å². The number of rotatable bonds is 3. The molecule has 0 unspecified atom stereocenters. The molecule has 7 nitrogen and oxygen atoms in total. The van der Waals surface area contributed by atoms with Crippen molar-refractivity contribution in [3.8, 4) is 10.7 Å². The molecule has 1 saturated carbocycles. The van der Waals surface area contributed by atoms with Crippen LogP contribution in [0.1, 0.15) is 30.7 Å². The van der Waals surface area contributed by atoms with E-state index in [4.69, 9.17) is 5.73 Å². The second-order valence-corrected chi connectivity index (χ2v) is 7.87. The molecule has 8 heteroatoms. The Balaban J connectivity index is 1.55. The van der Waals surface area contributed by atoms with E-state index in [1.165, 1.54) is 11.3 Å². The number of aryl methyl sites for hydroxylation is 1. The predicted octanol–water partition coefficient (Wildman–Crippen LogP) is 2.91. The molecule has 1 fully saturated rings. The SMILES string of the molecule is Cc1nnc(-c2ccc3cnc(NC(=O)[C@H]4CC[C@H](N)CC4)cc3n2)s1. The van der Waals surface area contributed by atoms with Gasteiger partial charge in [-0.25, -0.2) is 9.97 Å². The second-order valence-electron chi connectivity index (χ2n) is 6.69. The molecule has 3 aromatic heterocycles.